The SMILES string of the molecule is CNC(c1cccc(Cl)c1Cl)C1CCCOC1. The highest BCUT2D eigenvalue weighted by molar-refractivity contribution is 6.42. The zero-order valence-electron chi connectivity index (χ0n) is 9.88. The van der Waals surface area contributed by atoms with Crippen LogP contribution in [-0.2, 0) is 4.74 Å². The molecule has 2 rings (SSSR count). The van der Waals surface area contributed by atoms with Gasteiger partial charge in [0.15, 0.2) is 0 Å². The van der Waals surface area contributed by atoms with Gasteiger partial charge in [0.2, 0.25) is 0 Å². The van der Waals surface area contributed by atoms with Gasteiger partial charge in [-0.1, -0.05) is 35.3 Å². The molecule has 2 unspecified atom stereocenters. The fraction of sp³-hybridized carbons (Fsp3) is 0.538. The number of nitrogens with one attached hydrogen (secondary N) is 1. The Morgan fingerprint density at radius 3 is 2.88 bits per heavy atom. The Morgan fingerprint density at radius 1 is 1.41 bits per heavy atom. The predicted octanol–water partition coefficient (Wildman–Crippen LogP) is 3.68. The lowest BCUT2D eigenvalue weighted by Crippen LogP contribution is -2.31. The normalized spacial score (nSPS) is 22.4. The second kappa shape index (κ2) is 6.05. The Balaban J connectivity index is 2.24. The van der Waals surface area contributed by atoms with Crippen LogP contribution in [-0.4, -0.2) is 20.3 Å². The maximum Gasteiger partial charge on any atom is 0.0640 e. The summed E-state index contributed by atoms with van der Waals surface area (Å²) < 4.78 is 5.54. The zero-order valence-corrected chi connectivity index (χ0v) is 11.4. The molecule has 2 atom stereocenters. The van der Waals surface area contributed by atoms with Gasteiger partial charge in [-0.05, 0) is 31.5 Å². The highest BCUT2D eigenvalue weighted by Gasteiger charge is 2.26. The van der Waals surface area contributed by atoms with Gasteiger partial charge in [0, 0.05) is 18.6 Å². The van der Waals surface area contributed by atoms with Crippen LogP contribution >= 0.6 is 23.2 Å². The van der Waals surface area contributed by atoms with E-state index in [2.05, 4.69) is 5.32 Å². The number of halogens is 2. The Hall–Kier alpha value is -0.280. The molecule has 17 heavy (non-hydrogen) atoms. The third kappa shape index (κ3) is 2.94. The fourth-order valence-corrected chi connectivity index (χ4v) is 2.86. The monoisotopic (exact) mass is 273 g/mol. The van der Waals surface area contributed by atoms with Gasteiger partial charge in [-0.25, -0.2) is 0 Å². The van der Waals surface area contributed by atoms with E-state index in [0.717, 1.165) is 31.6 Å². The van der Waals surface area contributed by atoms with Gasteiger partial charge in [0.1, 0.15) is 0 Å². The molecule has 1 aromatic carbocycles. The molecule has 1 N–H and O–H groups in total. The van der Waals surface area contributed by atoms with Crippen molar-refractivity contribution in [1.82, 2.24) is 5.32 Å². The summed E-state index contributed by atoms with van der Waals surface area (Å²) in [7, 11) is 1.95. The minimum Gasteiger partial charge on any atom is -0.381 e. The average Bonchev–Trinajstić information content (AvgIpc) is 2.37. The minimum absolute atomic E-state index is 0.210. The maximum atomic E-state index is 6.27. The molecule has 0 amide bonds. The first-order valence-corrected chi connectivity index (χ1v) is 6.68. The van der Waals surface area contributed by atoms with Gasteiger partial charge >= 0.3 is 0 Å². The van der Waals surface area contributed by atoms with E-state index in [1.807, 2.05) is 25.2 Å². The first kappa shape index (κ1) is 13.2. The lowest BCUT2D eigenvalue weighted by Gasteiger charge is -2.31. The topological polar surface area (TPSA) is 21.3 Å². The first-order valence-electron chi connectivity index (χ1n) is 5.93. The van der Waals surface area contributed by atoms with E-state index in [1.165, 1.54) is 0 Å². The molecule has 0 aliphatic carbocycles. The number of hydrogen-bond donors (Lipinski definition) is 1. The summed E-state index contributed by atoms with van der Waals surface area (Å²) in [4.78, 5) is 0. The van der Waals surface area contributed by atoms with E-state index in [4.69, 9.17) is 27.9 Å². The highest BCUT2D eigenvalue weighted by atomic mass is 35.5. The molecular weight excluding hydrogens is 257 g/mol. The van der Waals surface area contributed by atoms with E-state index in [0.29, 0.717) is 16.0 Å². The molecule has 1 aliphatic rings. The van der Waals surface area contributed by atoms with E-state index in [9.17, 15) is 0 Å². The van der Waals surface area contributed by atoms with Crippen molar-refractivity contribution < 1.29 is 4.74 Å². The van der Waals surface area contributed by atoms with Crippen LogP contribution in [0.2, 0.25) is 10.0 Å². The molecule has 0 spiro atoms. The Morgan fingerprint density at radius 2 is 2.24 bits per heavy atom. The summed E-state index contributed by atoms with van der Waals surface area (Å²) in [5, 5.41) is 4.60. The molecular formula is C13H17Cl2NO. The van der Waals surface area contributed by atoms with Crippen molar-refractivity contribution in [3.8, 4) is 0 Å². The molecule has 1 heterocycles. The maximum absolute atomic E-state index is 6.27. The molecule has 0 bridgehead atoms. The van der Waals surface area contributed by atoms with Crippen LogP contribution in [0.1, 0.15) is 24.4 Å². The van der Waals surface area contributed by atoms with Crippen LogP contribution < -0.4 is 5.32 Å². The van der Waals surface area contributed by atoms with Crippen molar-refractivity contribution in [3.63, 3.8) is 0 Å². The lowest BCUT2D eigenvalue weighted by atomic mass is 9.89. The Bertz CT molecular complexity index is 378. The number of benzene rings is 1. The van der Waals surface area contributed by atoms with Crippen LogP contribution in [0.5, 0.6) is 0 Å². The van der Waals surface area contributed by atoms with Gasteiger partial charge in [0.05, 0.1) is 16.7 Å². The smallest absolute Gasteiger partial charge is 0.0640 e. The molecule has 2 nitrogen and oxygen atoms in total. The van der Waals surface area contributed by atoms with Crippen molar-refractivity contribution >= 4 is 23.2 Å². The predicted molar refractivity (Wildman–Crippen MR) is 71.8 cm³/mol. The molecule has 1 saturated heterocycles. The van der Waals surface area contributed by atoms with Gasteiger partial charge in [-0.3, -0.25) is 0 Å². The van der Waals surface area contributed by atoms with Crippen LogP contribution in [0.25, 0.3) is 0 Å². The molecule has 0 saturated carbocycles. The van der Waals surface area contributed by atoms with Crippen LogP contribution in [0, 0.1) is 5.92 Å². The fourth-order valence-electron chi connectivity index (χ4n) is 2.43. The summed E-state index contributed by atoms with van der Waals surface area (Å²) in [5.74, 6) is 0.463. The molecule has 0 aromatic heterocycles. The molecule has 1 aromatic rings. The Kier molecular flexibility index (Phi) is 4.69. The minimum atomic E-state index is 0.210. The lowest BCUT2D eigenvalue weighted by molar-refractivity contribution is 0.0402. The summed E-state index contributed by atoms with van der Waals surface area (Å²) in [5.41, 5.74) is 1.07. The number of rotatable bonds is 3. The van der Waals surface area contributed by atoms with Crippen molar-refractivity contribution in [2.24, 2.45) is 5.92 Å². The van der Waals surface area contributed by atoms with Crippen LogP contribution in [0.3, 0.4) is 0 Å². The number of hydrogen-bond acceptors (Lipinski definition) is 2. The highest BCUT2D eigenvalue weighted by Crippen LogP contribution is 2.35. The molecule has 1 fully saturated rings. The second-order valence-electron chi connectivity index (χ2n) is 4.39. The molecule has 1 aliphatic heterocycles. The summed E-state index contributed by atoms with van der Waals surface area (Å²) >= 11 is 12.3. The van der Waals surface area contributed by atoms with Crippen LogP contribution in [0.4, 0.5) is 0 Å². The van der Waals surface area contributed by atoms with Crippen LogP contribution in [0.15, 0.2) is 18.2 Å². The van der Waals surface area contributed by atoms with Gasteiger partial charge in [-0.2, -0.15) is 0 Å². The van der Waals surface area contributed by atoms with E-state index in [1.54, 1.807) is 0 Å². The van der Waals surface area contributed by atoms with Crippen molar-refractivity contribution in [2.75, 3.05) is 20.3 Å². The molecule has 94 valence electrons. The van der Waals surface area contributed by atoms with E-state index >= 15 is 0 Å². The third-order valence-electron chi connectivity index (χ3n) is 3.29. The summed E-state index contributed by atoms with van der Waals surface area (Å²) in [6.45, 7) is 1.66. The van der Waals surface area contributed by atoms with Gasteiger partial charge in [-0.15, -0.1) is 0 Å². The van der Waals surface area contributed by atoms with E-state index in [-0.39, 0.29) is 6.04 Å². The quantitative estimate of drug-likeness (QED) is 0.907. The van der Waals surface area contributed by atoms with Crippen molar-refractivity contribution in [1.29, 1.82) is 0 Å². The van der Waals surface area contributed by atoms with Crippen molar-refractivity contribution in [2.45, 2.75) is 18.9 Å². The standard InChI is InChI=1S/C13H17Cl2NO/c1-16-13(9-4-3-7-17-8-9)10-5-2-6-11(14)12(10)15/h2,5-6,9,13,16H,3-4,7-8H2,1H3. The second-order valence-corrected chi connectivity index (χ2v) is 5.17. The first-order chi connectivity index (χ1) is 8.24. The third-order valence-corrected chi connectivity index (χ3v) is 4.13. The van der Waals surface area contributed by atoms with Crippen molar-refractivity contribution in [3.05, 3.63) is 33.8 Å². The zero-order chi connectivity index (χ0) is 12.3. The summed E-state index contributed by atoms with van der Waals surface area (Å²) in [6.07, 6.45) is 2.27. The van der Waals surface area contributed by atoms with Gasteiger partial charge in [0.25, 0.3) is 0 Å². The van der Waals surface area contributed by atoms with E-state index < -0.39 is 0 Å². The largest absolute Gasteiger partial charge is 0.381 e. The Labute approximate surface area is 112 Å². The molecule has 0 radical (unpaired) electrons. The molecule has 4 heteroatoms. The summed E-state index contributed by atoms with van der Waals surface area (Å²) in [6, 6.07) is 6.00. The number of ether oxygens (including phenoxy) is 1. The van der Waals surface area contributed by atoms with Gasteiger partial charge < -0.3 is 10.1 Å². The average molecular weight is 274 g/mol.